The van der Waals surface area contributed by atoms with Crippen LogP contribution in [0.4, 0.5) is 0 Å². The predicted molar refractivity (Wildman–Crippen MR) is 73.7 cm³/mol. The summed E-state index contributed by atoms with van der Waals surface area (Å²) in [5.41, 5.74) is -0.551. The van der Waals surface area contributed by atoms with Gasteiger partial charge in [-0.2, -0.15) is 0 Å². The highest BCUT2D eigenvalue weighted by Gasteiger charge is 2.26. The largest absolute Gasteiger partial charge is 0.465 e. The van der Waals surface area contributed by atoms with Crippen molar-refractivity contribution in [1.82, 2.24) is 5.32 Å². The summed E-state index contributed by atoms with van der Waals surface area (Å²) in [6.45, 7) is 12.7. The first-order valence-electron chi connectivity index (χ1n) is 6.47. The van der Waals surface area contributed by atoms with Gasteiger partial charge in [0.1, 0.15) is 17.7 Å². The topological polar surface area (TPSA) is 64.6 Å². The summed E-state index contributed by atoms with van der Waals surface area (Å²) in [5, 5.41) is 2.90. The van der Waals surface area contributed by atoms with Crippen molar-refractivity contribution < 1.29 is 19.1 Å². The Balaban J connectivity index is 4.53. The lowest BCUT2D eigenvalue weighted by atomic mass is 10.1. The minimum atomic E-state index is -0.589. The Labute approximate surface area is 115 Å². The Hall–Kier alpha value is -1.36. The van der Waals surface area contributed by atoms with Crippen LogP contribution in [-0.2, 0) is 19.1 Å². The fraction of sp³-hybridized carbons (Fsp3) is 0.714. The summed E-state index contributed by atoms with van der Waals surface area (Å²) < 4.78 is 10.2. The van der Waals surface area contributed by atoms with Gasteiger partial charge in [0, 0.05) is 0 Å². The van der Waals surface area contributed by atoms with Crippen molar-refractivity contribution in [2.75, 3.05) is 6.61 Å². The second-order valence-electron chi connectivity index (χ2n) is 5.25. The van der Waals surface area contributed by atoms with E-state index in [0.717, 1.165) is 0 Å². The average Bonchev–Trinajstić information content (AvgIpc) is 2.26. The molecule has 2 atom stereocenters. The SMILES string of the molecule is C=CC[C@H](N[C@@H](C)C(=O)OC(C)(C)C)C(=O)OCC. The number of rotatable bonds is 7. The smallest absolute Gasteiger partial charge is 0.323 e. The zero-order valence-electron chi connectivity index (χ0n) is 12.5. The molecule has 0 spiro atoms. The maximum Gasteiger partial charge on any atom is 0.323 e. The van der Waals surface area contributed by atoms with Crippen LogP contribution in [0, 0.1) is 0 Å². The summed E-state index contributed by atoms with van der Waals surface area (Å²) >= 11 is 0. The highest BCUT2D eigenvalue weighted by molar-refractivity contribution is 5.79. The van der Waals surface area contributed by atoms with Gasteiger partial charge in [-0.15, -0.1) is 6.58 Å². The Morgan fingerprint density at radius 1 is 1.32 bits per heavy atom. The summed E-state index contributed by atoms with van der Waals surface area (Å²) in [4.78, 5) is 23.5. The maximum atomic E-state index is 11.8. The minimum absolute atomic E-state index is 0.301. The van der Waals surface area contributed by atoms with Crippen LogP contribution in [0.2, 0.25) is 0 Å². The van der Waals surface area contributed by atoms with Gasteiger partial charge in [0.25, 0.3) is 0 Å². The zero-order valence-corrected chi connectivity index (χ0v) is 12.5. The van der Waals surface area contributed by atoms with Gasteiger partial charge in [-0.25, -0.2) is 0 Å². The van der Waals surface area contributed by atoms with Gasteiger partial charge >= 0.3 is 11.9 Å². The molecule has 110 valence electrons. The van der Waals surface area contributed by atoms with Gasteiger partial charge in [-0.3, -0.25) is 14.9 Å². The maximum absolute atomic E-state index is 11.8. The molecule has 0 fully saturated rings. The van der Waals surface area contributed by atoms with E-state index in [1.165, 1.54) is 0 Å². The summed E-state index contributed by atoms with van der Waals surface area (Å²) in [5.74, 6) is -0.788. The molecule has 0 radical (unpaired) electrons. The molecule has 0 saturated heterocycles. The van der Waals surface area contributed by atoms with Crippen LogP contribution in [-0.4, -0.2) is 36.2 Å². The molecule has 19 heavy (non-hydrogen) atoms. The number of hydrogen-bond donors (Lipinski definition) is 1. The monoisotopic (exact) mass is 271 g/mol. The van der Waals surface area contributed by atoms with Crippen LogP contribution < -0.4 is 5.32 Å². The summed E-state index contributed by atoms with van der Waals surface area (Å²) in [7, 11) is 0. The number of ether oxygens (including phenoxy) is 2. The third-order valence-electron chi connectivity index (χ3n) is 2.18. The van der Waals surface area contributed by atoms with E-state index in [9.17, 15) is 9.59 Å². The van der Waals surface area contributed by atoms with Crippen molar-refractivity contribution in [2.45, 2.75) is 58.7 Å². The predicted octanol–water partition coefficient (Wildman–Crippen LogP) is 1.81. The molecule has 0 aromatic heterocycles. The first-order valence-corrected chi connectivity index (χ1v) is 6.47. The van der Waals surface area contributed by atoms with Gasteiger partial charge in [0.05, 0.1) is 6.61 Å². The van der Waals surface area contributed by atoms with E-state index in [1.54, 1.807) is 40.7 Å². The molecule has 0 saturated carbocycles. The third kappa shape index (κ3) is 7.62. The van der Waals surface area contributed by atoms with Crippen LogP contribution in [0.25, 0.3) is 0 Å². The Bertz CT molecular complexity index is 320. The second kappa shape index (κ2) is 7.94. The van der Waals surface area contributed by atoms with Crippen LogP contribution in [0.3, 0.4) is 0 Å². The Morgan fingerprint density at radius 3 is 2.32 bits per heavy atom. The molecule has 0 aliphatic heterocycles. The Kier molecular flexibility index (Phi) is 7.37. The molecule has 0 rings (SSSR count). The quantitative estimate of drug-likeness (QED) is 0.565. The second-order valence-corrected chi connectivity index (χ2v) is 5.25. The molecule has 0 amide bonds. The normalized spacial score (nSPS) is 14.4. The number of hydrogen-bond acceptors (Lipinski definition) is 5. The Morgan fingerprint density at radius 2 is 1.89 bits per heavy atom. The molecule has 0 aromatic rings. The fourth-order valence-corrected chi connectivity index (χ4v) is 1.40. The van der Waals surface area contributed by atoms with Crippen molar-refractivity contribution in [1.29, 1.82) is 0 Å². The zero-order chi connectivity index (χ0) is 15.1. The van der Waals surface area contributed by atoms with Crippen molar-refractivity contribution in [3.63, 3.8) is 0 Å². The van der Waals surface area contributed by atoms with E-state index < -0.39 is 29.6 Å². The van der Waals surface area contributed by atoms with Gasteiger partial charge < -0.3 is 9.47 Å². The molecule has 0 aliphatic carbocycles. The van der Waals surface area contributed by atoms with Gasteiger partial charge in [-0.1, -0.05) is 6.08 Å². The van der Waals surface area contributed by atoms with E-state index in [4.69, 9.17) is 9.47 Å². The van der Waals surface area contributed by atoms with E-state index >= 15 is 0 Å². The molecular weight excluding hydrogens is 246 g/mol. The number of carbonyl (C=O) groups excluding carboxylic acids is 2. The van der Waals surface area contributed by atoms with Crippen LogP contribution in [0.15, 0.2) is 12.7 Å². The molecule has 5 heteroatoms. The molecule has 0 bridgehead atoms. The lowest BCUT2D eigenvalue weighted by Gasteiger charge is -2.25. The molecule has 0 heterocycles. The highest BCUT2D eigenvalue weighted by atomic mass is 16.6. The van der Waals surface area contributed by atoms with Crippen molar-refractivity contribution in [3.8, 4) is 0 Å². The van der Waals surface area contributed by atoms with Crippen LogP contribution >= 0.6 is 0 Å². The first-order chi connectivity index (χ1) is 8.71. The van der Waals surface area contributed by atoms with E-state index in [1.807, 2.05) is 0 Å². The van der Waals surface area contributed by atoms with E-state index in [2.05, 4.69) is 11.9 Å². The van der Waals surface area contributed by atoms with Crippen LogP contribution in [0.5, 0.6) is 0 Å². The average molecular weight is 271 g/mol. The fourth-order valence-electron chi connectivity index (χ4n) is 1.40. The highest BCUT2D eigenvalue weighted by Crippen LogP contribution is 2.09. The van der Waals surface area contributed by atoms with Gasteiger partial charge in [0.15, 0.2) is 0 Å². The minimum Gasteiger partial charge on any atom is -0.465 e. The number of carbonyl (C=O) groups is 2. The van der Waals surface area contributed by atoms with Gasteiger partial charge in [0.2, 0.25) is 0 Å². The van der Waals surface area contributed by atoms with Crippen molar-refractivity contribution in [3.05, 3.63) is 12.7 Å². The standard InChI is InChI=1S/C14H25NO4/c1-7-9-11(13(17)18-8-2)15-10(3)12(16)19-14(4,5)6/h7,10-11,15H,1,8-9H2,2-6H3/t10-,11-/m0/s1. The first kappa shape index (κ1) is 17.6. The number of nitrogens with one attached hydrogen (secondary N) is 1. The van der Waals surface area contributed by atoms with E-state index in [-0.39, 0.29) is 0 Å². The lowest BCUT2D eigenvalue weighted by molar-refractivity contribution is -0.157. The molecule has 0 aliphatic rings. The lowest BCUT2D eigenvalue weighted by Crippen LogP contribution is -2.48. The van der Waals surface area contributed by atoms with Crippen molar-refractivity contribution >= 4 is 11.9 Å². The van der Waals surface area contributed by atoms with E-state index in [0.29, 0.717) is 13.0 Å². The van der Waals surface area contributed by atoms with Crippen LogP contribution in [0.1, 0.15) is 41.0 Å². The number of esters is 2. The summed E-state index contributed by atoms with van der Waals surface area (Å²) in [6.07, 6.45) is 2.00. The van der Waals surface area contributed by atoms with Crippen molar-refractivity contribution in [2.24, 2.45) is 0 Å². The van der Waals surface area contributed by atoms with Gasteiger partial charge in [-0.05, 0) is 41.0 Å². The third-order valence-corrected chi connectivity index (χ3v) is 2.18. The molecule has 0 aromatic carbocycles. The molecule has 0 unspecified atom stereocenters. The molecule has 5 nitrogen and oxygen atoms in total. The summed E-state index contributed by atoms with van der Waals surface area (Å²) in [6, 6.07) is -1.17. The molecular formula is C14H25NO4. The molecule has 1 N–H and O–H groups in total.